The number of hydrogen-bond acceptors (Lipinski definition) is 4. The molecule has 0 aromatic heterocycles. The van der Waals surface area contributed by atoms with Gasteiger partial charge in [0.1, 0.15) is 0 Å². The summed E-state index contributed by atoms with van der Waals surface area (Å²) >= 11 is 0. The van der Waals surface area contributed by atoms with Crippen LogP contribution in [0, 0.1) is 6.92 Å². The van der Waals surface area contributed by atoms with E-state index in [1.165, 1.54) is 6.08 Å². The number of aryl methyl sites for hydroxylation is 1. The summed E-state index contributed by atoms with van der Waals surface area (Å²) in [7, 11) is 0. The van der Waals surface area contributed by atoms with Crippen molar-refractivity contribution in [2.75, 3.05) is 6.54 Å². The summed E-state index contributed by atoms with van der Waals surface area (Å²) in [5.41, 5.74) is 3.56. The third kappa shape index (κ3) is 7.34. The average Bonchev–Trinajstić information content (AvgIpc) is 2.46. The maximum atomic E-state index is 11.5. The molecule has 1 amide bonds. The largest absolute Gasteiger partial charge is 0.380 e. The van der Waals surface area contributed by atoms with Crippen LogP contribution in [0.4, 0.5) is 0 Å². The third-order valence-corrected chi connectivity index (χ3v) is 2.79. The molecule has 0 aliphatic carbocycles. The lowest BCUT2D eigenvalue weighted by molar-refractivity contribution is -0.127. The fourth-order valence-electron chi connectivity index (χ4n) is 1.65. The second kappa shape index (κ2) is 9.75. The highest BCUT2D eigenvalue weighted by atomic mass is 16.7. The van der Waals surface area contributed by atoms with Crippen molar-refractivity contribution in [1.29, 1.82) is 0 Å². The predicted octanol–water partition coefficient (Wildman–Crippen LogP) is 2.69. The Kier molecular flexibility index (Phi) is 7.77. The van der Waals surface area contributed by atoms with Gasteiger partial charge in [-0.25, -0.2) is 9.79 Å². The van der Waals surface area contributed by atoms with Gasteiger partial charge in [0.2, 0.25) is 6.08 Å². The summed E-state index contributed by atoms with van der Waals surface area (Å²) < 4.78 is 0. The summed E-state index contributed by atoms with van der Waals surface area (Å²) in [6.07, 6.45) is 5.49. The molecule has 0 unspecified atom stereocenters. The first-order chi connectivity index (χ1) is 9.72. The van der Waals surface area contributed by atoms with Gasteiger partial charge in [-0.3, -0.25) is 4.79 Å². The van der Waals surface area contributed by atoms with Gasteiger partial charge in [0.25, 0.3) is 5.91 Å². The van der Waals surface area contributed by atoms with Crippen LogP contribution in [0.2, 0.25) is 0 Å². The lowest BCUT2D eigenvalue weighted by Crippen LogP contribution is -2.26. The topological polar surface area (TPSA) is 67.8 Å². The zero-order valence-electron chi connectivity index (χ0n) is 11.7. The van der Waals surface area contributed by atoms with Crippen LogP contribution in [-0.4, -0.2) is 18.5 Å². The van der Waals surface area contributed by atoms with E-state index in [1.807, 2.05) is 31.2 Å². The van der Waals surface area contributed by atoms with E-state index in [-0.39, 0.29) is 5.91 Å². The molecule has 0 heterocycles. The Labute approximate surface area is 119 Å². The van der Waals surface area contributed by atoms with E-state index in [1.54, 1.807) is 0 Å². The van der Waals surface area contributed by atoms with Crippen molar-refractivity contribution in [3.63, 3.8) is 0 Å². The molecule has 1 N–H and O–H groups in total. The van der Waals surface area contributed by atoms with Crippen LogP contribution in [0.25, 0.3) is 0 Å². The number of hydroxylamine groups is 1. The minimum atomic E-state index is -0.128. The molecule has 0 saturated carbocycles. The quantitative estimate of drug-likeness (QED) is 0.326. The van der Waals surface area contributed by atoms with Crippen LogP contribution in [0.1, 0.15) is 37.7 Å². The maximum Gasteiger partial charge on any atom is 0.252 e. The SMILES string of the molecule is Cc1ccc(ONC(=O)CCCCCCN=C=O)cc1. The van der Waals surface area contributed by atoms with Gasteiger partial charge in [-0.1, -0.05) is 30.5 Å². The number of unbranched alkanes of at least 4 members (excludes halogenated alkanes) is 3. The second-order valence-corrected chi connectivity index (χ2v) is 4.58. The van der Waals surface area contributed by atoms with E-state index in [9.17, 15) is 9.59 Å². The number of benzene rings is 1. The smallest absolute Gasteiger partial charge is 0.252 e. The molecule has 0 radical (unpaired) electrons. The molecular weight excluding hydrogens is 256 g/mol. The molecule has 5 heteroatoms. The summed E-state index contributed by atoms with van der Waals surface area (Å²) in [6, 6.07) is 7.46. The Morgan fingerprint density at radius 3 is 2.60 bits per heavy atom. The molecule has 0 atom stereocenters. The van der Waals surface area contributed by atoms with Gasteiger partial charge in [-0.2, -0.15) is 5.48 Å². The molecular formula is C15H20N2O3. The highest BCUT2D eigenvalue weighted by molar-refractivity contribution is 5.74. The van der Waals surface area contributed by atoms with Crippen molar-refractivity contribution in [3.05, 3.63) is 29.8 Å². The fourth-order valence-corrected chi connectivity index (χ4v) is 1.65. The Bertz CT molecular complexity index is 451. The van der Waals surface area contributed by atoms with E-state index in [0.717, 1.165) is 31.2 Å². The van der Waals surface area contributed by atoms with Crippen LogP contribution < -0.4 is 10.3 Å². The second-order valence-electron chi connectivity index (χ2n) is 4.58. The molecule has 0 aliphatic heterocycles. The Morgan fingerprint density at radius 1 is 1.20 bits per heavy atom. The summed E-state index contributed by atoms with van der Waals surface area (Å²) in [5, 5.41) is 0. The molecule has 1 aromatic carbocycles. The number of nitrogens with zero attached hydrogens (tertiary/aromatic N) is 1. The number of rotatable bonds is 9. The van der Waals surface area contributed by atoms with Gasteiger partial charge >= 0.3 is 0 Å². The van der Waals surface area contributed by atoms with Crippen LogP contribution in [-0.2, 0) is 9.59 Å². The number of nitrogens with one attached hydrogen (secondary N) is 1. The zero-order chi connectivity index (χ0) is 14.6. The highest BCUT2D eigenvalue weighted by Crippen LogP contribution is 2.10. The van der Waals surface area contributed by atoms with Gasteiger partial charge in [-0.15, -0.1) is 0 Å². The Hall–Kier alpha value is -2.13. The van der Waals surface area contributed by atoms with Gasteiger partial charge in [0.15, 0.2) is 5.75 Å². The van der Waals surface area contributed by atoms with E-state index in [0.29, 0.717) is 18.7 Å². The van der Waals surface area contributed by atoms with Crippen LogP contribution in [0.3, 0.4) is 0 Å². The molecule has 0 bridgehead atoms. The first-order valence-corrected chi connectivity index (χ1v) is 6.78. The molecule has 1 rings (SSSR count). The maximum absolute atomic E-state index is 11.5. The first kappa shape index (κ1) is 15.9. The van der Waals surface area contributed by atoms with Gasteiger partial charge in [0.05, 0.1) is 6.54 Å². The molecule has 5 nitrogen and oxygen atoms in total. The summed E-state index contributed by atoms with van der Waals surface area (Å²) in [6.45, 7) is 2.51. The van der Waals surface area contributed by atoms with Gasteiger partial charge in [0, 0.05) is 6.42 Å². The molecule has 0 saturated heterocycles. The van der Waals surface area contributed by atoms with Crippen molar-refractivity contribution in [1.82, 2.24) is 5.48 Å². The normalized spacial score (nSPS) is 9.65. The lowest BCUT2D eigenvalue weighted by Gasteiger charge is -2.07. The number of amides is 1. The van der Waals surface area contributed by atoms with Crippen LogP contribution in [0.15, 0.2) is 29.3 Å². The summed E-state index contributed by atoms with van der Waals surface area (Å²) in [4.78, 5) is 30.0. The highest BCUT2D eigenvalue weighted by Gasteiger charge is 2.02. The van der Waals surface area contributed by atoms with Crippen molar-refractivity contribution in [2.45, 2.75) is 39.0 Å². The van der Waals surface area contributed by atoms with Gasteiger partial charge in [-0.05, 0) is 31.9 Å². The molecule has 108 valence electrons. The number of carbonyl (C=O) groups excluding carboxylic acids is 2. The van der Waals surface area contributed by atoms with Crippen molar-refractivity contribution in [2.24, 2.45) is 4.99 Å². The monoisotopic (exact) mass is 276 g/mol. The zero-order valence-corrected chi connectivity index (χ0v) is 11.7. The van der Waals surface area contributed by atoms with Crippen molar-refractivity contribution >= 4 is 12.0 Å². The average molecular weight is 276 g/mol. The number of carbonyl (C=O) groups is 1. The molecule has 20 heavy (non-hydrogen) atoms. The predicted molar refractivity (Wildman–Crippen MR) is 76.0 cm³/mol. The summed E-state index contributed by atoms with van der Waals surface area (Å²) in [5.74, 6) is 0.493. The van der Waals surface area contributed by atoms with Crippen LogP contribution in [0.5, 0.6) is 5.75 Å². The Balaban J connectivity index is 2.05. The lowest BCUT2D eigenvalue weighted by atomic mass is 10.1. The van der Waals surface area contributed by atoms with Crippen molar-refractivity contribution in [3.8, 4) is 5.75 Å². The van der Waals surface area contributed by atoms with E-state index in [2.05, 4.69) is 10.5 Å². The standard InChI is InChI=1S/C15H20N2O3/c1-13-7-9-14(10-8-13)20-17-15(19)6-4-2-3-5-11-16-12-18/h7-10H,2-6,11H2,1H3,(H,17,19). The van der Waals surface area contributed by atoms with Crippen LogP contribution >= 0.6 is 0 Å². The first-order valence-electron chi connectivity index (χ1n) is 6.78. The number of isocyanates is 1. The minimum absolute atomic E-state index is 0.128. The number of hydrogen-bond donors (Lipinski definition) is 1. The molecule has 0 fully saturated rings. The number of aliphatic imine (C=N–C) groups is 1. The van der Waals surface area contributed by atoms with E-state index in [4.69, 9.17) is 4.84 Å². The fraction of sp³-hybridized carbons (Fsp3) is 0.467. The van der Waals surface area contributed by atoms with Crippen molar-refractivity contribution < 1.29 is 14.4 Å². The molecule has 0 spiro atoms. The molecule has 1 aromatic rings. The third-order valence-electron chi connectivity index (χ3n) is 2.79. The van der Waals surface area contributed by atoms with Gasteiger partial charge < -0.3 is 4.84 Å². The van der Waals surface area contributed by atoms with E-state index >= 15 is 0 Å². The minimum Gasteiger partial charge on any atom is -0.380 e. The molecule has 0 aliphatic rings. The van der Waals surface area contributed by atoms with E-state index < -0.39 is 0 Å². The Morgan fingerprint density at radius 2 is 1.90 bits per heavy atom.